The van der Waals surface area contributed by atoms with Gasteiger partial charge in [0.2, 0.25) is 11.8 Å². The fourth-order valence-electron chi connectivity index (χ4n) is 5.31. The molecule has 10 nitrogen and oxygen atoms in total. The van der Waals surface area contributed by atoms with Gasteiger partial charge in [-0.1, -0.05) is 37.3 Å². The van der Waals surface area contributed by atoms with Gasteiger partial charge in [0.25, 0.3) is 5.91 Å². The van der Waals surface area contributed by atoms with E-state index in [1.54, 1.807) is 34.3 Å². The number of rotatable bonds is 10. The Morgan fingerprint density at radius 2 is 1.87 bits per heavy atom. The number of nitrogens with one attached hydrogen (secondary N) is 2. The molecule has 3 heterocycles. The lowest BCUT2D eigenvalue weighted by atomic mass is 9.81. The number of unbranched alkanes of at least 4 members (excludes halogenated alkanes) is 1. The summed E-state index contributed by atoms with van der Waals surface area (Å²) in [6.45, 7) is 3.91. The van der Waals surface area contributed by atoms with Crippen molar-refractivity contribution >= 4 is 23.8 Å². The van der Waals surface area contributed by atoms with E-state index in [4.69, 9.17) is 4.74 Å². The van der Waals surface area contributed by atoms with Gasteiger partial charge in [-0.2, -0.15) is 0 Å². The minimum absolute atomic E-state index is 0.0706. The van der Waals surface area contributed by atoms with Crippen molar-refractivity contribution < 1.29 is 23.9 Å². The van der Waals surface area contributed by atoms with Crippen LogP contribution < -0.4 is 10.6 Å². The number of nitrogens with zero attached hydrogens (tertiary/aromatic N) is 3. The molecule has 2 N–H and O–H groups in total. The number of piperazine rings is 1. The highest BCUT2D eigenvalue weighted by molar-refractivity contribution is 6.00. The van der Waals surface area contributed by atoms with Crippen LogP contribution in [0.1, 0.15) is 61.4 Å². The zero-order chi connectivity index (χ0) is 27.7. The number of alkyl carbamates (subject to hydrolysis) is 1. The van der Waals surface area contributed by atoms with Gasteiger partial charge >= 0.3 is 6.09 Å². The van der Waals surface area contributed by atoms with E-state index >= 15 is 0 Å². The number of hydrogen-bond acceptors (Lipinski definition) is 6. The van der Waals surface area contributed by atoms with E-state index in [9.17, 15) is 19.2 Å². The van der Waals surface area contributed by atoms with Crippen LogP contribution in [0.3, 0.4) is 0 Å². The zero-order valence-electron chi connectivity index (χ0n) is 22.4. The molecule has 1 spiro atoms. The zero-order valence-corrected chi connectivity index (χ0v) is 22.4. The molecule has 0 bridgehead atoms. The van der Waals surface area contributed by atoms with Crippen molar-refractivity contribution in [2.45, 2.75) is 63.6 Å². The lowest BCUT2D eigenvalue weighted by Crippen LogP contribution is -2.73. The summed E-state index contributed by atoms with van der Waals surface area (Å²) >= 11 is 0. The fourth-order valence-corrected chi connectivity index (χ4v) is 5.31. The van der Waals surface area contributed by atoms with Crippen LogP contribution in [0.25, 0.3) is 0 Å². The molecular weight excluding hydrogens is 498 g/mol. The maximum absolute atomic E-state index is 13.5. The summed E-state index contributed by atoms with van der Waals surface area (Å²) in [4.78, 5) is 59.2. The summed E-state index contributed by atoms with van der Waals surface area (Å²) in [6, 6.07) is 12.3. The number of benzene rings is 1. The number of pyridine rings is 1. The Balaban J connectivity index is 1.25. The summed E-state index contributed by atoms with van der Waals surface area (Å²) in [5, 5.41) is 5.70. The van der Waals surface area contributed by atoms with Crippen molar-refractivity contribution in [3.05, 3.63) is 66.0 Å². The second kappa shape index (κ2) is 13.2. The van der Waals surface area contributed by atoms with Crippen LogP contribution in [-0.2, 0) is 20.9 Å². The van der Waals surface area contributed by atoms with Crippen LogP contribution in [0.5, 0.6) is 0 Å². The monoisotopic (exact) mass is 535 g/mol. The van der Waals surface area contributed by atoms with Gasteiger partial charge in [0.05, 0.1) is 5.56 Å². The average molecular weight is 536 g/mol. The molecule has 10 heteroatoms. The van der Waals surface area contributed by atoms with E-state index in [2.05, 4.69) is 15.6 Å². The molecule has 1 aromatic carbocycles. The lowest BCUT2D eigenvalue weighted by Gasteiger charge is -2.51. The Hall–Kier alpha value is -3.95. The molecule has 2 aromatic rings. The highest BCUT2D eigenvalue weighted by Crippen LogP contribution is 2.34. The number of piperidine rings is 1. The number of likely N-dealkylation sites (tertiary alicyclic amines) is 1. The Morgan fingerprint density at radius 1 is 1.10 bits per heavy atom. The van der Waals surface area contributed by atoms with Crippen LogP contribution >= 0.6 is 0 Å². The van der Waals surface area contributed by atoms with Gasteiger partial charge in [-0.25, -0.2) is 4.79 Å². The summed E-state index contributed by atoms with van der Waals surface area (Å²) in [5.41, 5.74) is 0.501. The minimum Gasteiger partial charge on any atom is -0.445 e. The van der Waals surface area contributed by atoms with Crippen molar-refractivity contribution in [2.75, 3.05) is 26.2 Å². The molecule has 0 saturated carbocycles. The molecule has 2 fully saturated rings. The molecule has 0 unspecified atom stereocenters. The predicted molar refractivity (Wildman–Crippen MR) is 145 cm³/mol. The maximum Gasteiger partial charge on any atom is 0.407 e. The number of carbonyl (C=O) groups excluding carboxylic acids is 4. The number of ether oxygens (including phenoxy) is 1. The quantitative estimate of drug-likeness (QED) is 0.452. The molecule has 2 aliphatic heterocycles. The molecule has 2 aliphatic rings. The molecule has 0 radical (unpaired) electrons. The van der Waals surface area contributed by atoms with Crippen LogP contribution in [0.4, 0.5) is 4.79 Å². The van der Waals surface area contributed by atoms with Crippen LogP contribution in [-0.4, -0.2) is 76.4 Å². The van der Waals surface area contributed by atoms with Crippen molar-refractivity contribution in [3.8, 4) is 0 Å². The van der Waals surface area contributed by atoms with Gasteiger partial charge in [-0.3, -0.25) is 19.4 Å². The fraction of sp³-hybridized carbons (Fsp3) is 0.483. The molecular formula is C29H37N5O5. The third-order valence-electron chi connectivity index (χ3n) is 7.44. The standard InChI is InChI=1S/C29H37N5O5/c1-2-17-34-26(36)24(12-6-7-16-31-28(38)39-21-22-9-4-3-5-10-22)32-27(37)29(34)13-18-33(19-14-29)25(35)23-11-8-15-30-20-23/h3-5,8-11,15,20,24H,2,6-7,12-14,16-19,21H2,1H3,(H,31,38)(H,32,37)/t24-/m0/s1. The van der Waals surface area contributed by atoms with Crippen molar-refractivity contribution in [3.63, 3.8) is 0 Å². The van der Waals surface area contributed by atoms with Crippen LogP contribution in [0.15, 0.2) is 54.9 Å². The van der Waals surface area contributed by atoms with E-state index < -0.39 is 17.7 Å². The second-order valence-corrected chi connectivity index (χ2v) is 10.1. The van der Waals surface area contributed by atoms with Crippen LogP contribution in [0, 0.1) is 0 Å². The largest absolute Gasteiger partial charge is 0.445 e. The highest BCUT2D eigenvalue weighted by atomic mass is 16.5. The number of aromatic nitrogens is 1. The molecule has 208 valence electrons. The molecule has 1 aromatic heterocycles. The number of amides is 4. The molecule has 4 rings (SSSR count). The van der Waals surface area contributed by atoms with E-state index in [0.717, 1.165) is 12.0 Å². The third-order valence-corrected chi connectivity index (χ3v) is 7.44. The first-order chi connectivity index (χ1) is 18.9. The normalized spacial score (nSPS) is 18.5. The number of hydrogen-bond donors (Lipinski definition) is 2. The average Bonchev–Trinajstić information content (AvgIpc) is 2.97. The van der Waals surface area contributed by atoms with E-state index in [-0.39, 0.29) is 24.3 Å². The first kappa shape index (κ1) is 28.1. The molecule has 2 saturated heterocycles. The summed E-state index contributed by atoms with van der Waals surface area (Å²) in [6.07, 6.45) is 6.04. The second-order valence-electron chi connectivity index (χ2n) is 10.1. The van der Waals surface area contributed by atoms with Gasteiger partial charge in [0, 0.05) is 38.6 Å². The van der Waals surface area contributed by atoms with Gasteiger partial charge in [0.15, 0.2) is 0 Å². The van der Waals surface area contributed by atoms with E-state index in [1.165, 1.54) is 0 Å². The van der Waals surface area contributed by atoms with Crippen molar-refractivity contribution in [1.82, 2.24) is 25.4 Å². The minimum atomic E-state index is -0.931. The third kappa shape index (κ3) is 6.74. The van der Waals surface area contributed by atoms with Gasteiger partial charge in [-0.05, 0) is 56.2 Å². The van der Waals surface area contributed by atoms with E-state index in [1.807, 2.05) is 37.3 Å². The van der Waals surface area contributed by atoms with E-state index in [0.29, 0.717) is 63.8 Å². The van der Waals surface area contributed by atoms with Gasteiger partial charge in [-0.15, -0.1) is 0 Å². The first-order valence-electron chi connectivity index (χ1n) is 13.7. The smallest absolute Gasteiger partial charge is 0.407 e. The van der Waals surface area contributed by atoms with Crippen LogP contribution in [0.2, 0.25) is 0 Å². The summed E-state index contributed by atoms with van der Waals surface area (Å²) in [7, 11) is 0. The molecule has 1 atom stereocenters. The topological polar surface area (TPSA) is 121 Å². The Bertz CT molecular complexity index is 1140. The Labute approximate surface area is 229 Å². The van der Waals surface area contributed by atoms with Crippen molar-refractivity contribution in [2.24, 2.45) is 0 Å². The predicted octanol–water partition coefficient (Wildman–Crippen LogP) is 2.89. The van der Waals surface area contributed by atoms with Gasteiger partial charge < -0.3 is 25.2 Å². The number of carbonyl (C=O) groups is 4. The van der Waals surface area contributed by atoms with Gasteiger partial charge in [0.1, 0.15) is 18.2 Å². The highest BCUT2D eigenvalue weighted by Gasteiger charge is 2.53. The van der Waals surface area contributed by atoms with Crippen molar-refractivity contribution in [1.29, 1.82) is 0 Å². The molecule has 39 heavy (non-hydrogen) atoms. The molecule has 4 amide bonds. The Morgan fingerprint density at radius 3 is 2.56 bits per heavy atom. The lowest BCUT2D eigenvalue weighted by molar-refractivity contribution is -0.161. The first-order valence-corrected chi connectivity index (χ1v) is 13.7. The molecule has 0 aliphatic carbocycles. The summed E-state index contributed by atoms with van der Waals surface area (Å²) in [5.74, 6) is -0.326. The maximum atomic E-state index is 13.5. The summed E-state index contributed by atoms with van der Waals surface area (Å²) < 4.78 is 5.21. The SMILES string of the molecule is CCCN1C(=O)[C@H](CCCCNC(=O)OCc2ccccc2)NC(=O)C12CCN(C(=O)c1cccnc1)CC2. The Kier molecular flexibility index (Phi) is 9.51.